The van der Waals surface area contributed by atoms with Gasteiger partial charge in [0.05, 0.1) is 11.1 Å². The van der Waals surface area contributed by atoms with Crippen LogP contribution in [0.3, 0.4) is 0 Å². The van der Waals surface area contributed by atoms with Gasteiger partial charge >= 0.3 is 12.4 Å². The van der Waals surface area contributed by atoms with E-state index >= 15 is 0 Å². The molecule has 4 rings (SSSR count). The van der Waals surface area contributed by atoms with Crippen LogP contribution in [0.15, 0.2) is 30.3 Å². The number of alkyl halides is 6. The van der Waals surface area contributed by atoms with Gasteiger partial charge in [-0.3, -0.25) is 9.78 Å². The molecule has 8 heteroatoms. The summed E-state index contributed by atoms with van der Waals surface area (Å²) in [6.45, 7) is 0. The summed E-state index contributed by atoms with van der Waals surface area (Å²) in [6.07, 6.45) is -8.93. The second-order valence-corrected chi connectivity index (χ2v) is 6.46. The maximum Gasteiger partial charge on any atom is 0.454 e. The molecule has 0 spiro atoms. The van der Waals surface area contributed by atoms with Crippen LogP contribution in [0, 0.1) is 0 Å². The molecule has 0 amide bonds. The van der Waals surface area contributed by atoms with Crippen LogP contribution in [0.5, 0.6) is 0 Å². The number of nitrogens with zero attached hydrogens (tertiary/aromatic N) is 1. The van der Waals surface area contributed by atoms with Crippen LogP contribution >= 0.6 is 0 Å². The minimum absolute atomic E-state index is 0.00990. The lowest BCUT2D eigenvalue weighted by atomic mass is 9.93. The largest absolute Gasteiger partial charge is 0.454 e. The first kappa shape index (κ1) is 17.8. The van der Waals surface area contributed by atoms with Crippen molar-refractivity contribution in [1.82, 2.24) is 4.98 Å². The van der Waals surface area contributed by atoms with Crippen molar-refractivity contribution >= 4 is 27.5 Å². The Bertz CT molecular complexity index is 1100. The van der Waals surface area contributed by atoms with Crippen molar-refractivity contribution in [3.63, 3.8) is 0 Å². The number of aryl methyl sites for hydroxylation is 1. The summed E-state index contributed by atoms with van der Waals surface area (Å²) in [7, 11) is 0. The SMILES string of the molecule is O=C(c1cc2c(C(F)(F)F)c3c(nc2c2ccccc12)CCC3)C(F)(F)F. The molecule has 2 nitrogen and oxygen atoms in total. The summed E-state index contributed by atoms with van der Waals surface area (Å²) < 4.78 is 80.5. The fourth-order valence-electron chi connectivity index (χ4n) is 3.75. The third-order valence-corrected chi connectivity index (χ3v) is 4.81. The zero-order chi connectivity index (χ0) is 19.6. The Morgan fingerprint density at radius 3 is 2.22 bits per heavy atom. The molecule has 140 valence electrons. The number of fused-ring (bicyclic) bond motifs is 4. The van der Waals surface area contributed by atoms with Gasteiger partial charge in [0, 0.05) is 22.0 Å². The normalized spacial score (nSPS) is 14.7. The Morgan fingerprint density at radius 1 is 0.926 bits per heavy atom. The number of benzene rings is 2. The smallest absolute Gasteiger partial charge is 0.284 e. The van der Waals surface area contributed by atoms with Crippen molar-refractivity contribution in [3.05, 3.63) is 52.7 Å². The molecule has 0 atom stereocenters. The van der Waals surface area contributed by atoms with Crippen molar-refractivity contribution in [3.8, 4) is 0 Å². The third kappa shape index (κ3) is 2.74. The molecule has 2 aromatic carbocycles. The van der Waals surface area contributed by atoms with Gasteiger partial charge in [-0.2, -0.15) is 26.3 Å². The Kier molecular flexibility index (Phi) is 3.73. The van der Waals surface area contributed by atoms with Crippen LogP contribution in [0.25, 0.3) is 21.7 Å². The molecule has 1 aliphatic carbocycles. The summed E-state index contributed by atoms with van der Waals surface area (Å²) in [6, 6.07) is 6.29. The first-order chi connectivity index (χ1) is 12.6. The lowest BCUT2D eigenvalue weighted by molar-refractivity contribution is -0.136. The second-order valence-electron chi connectivity index (χ2n) is 6.46. The molecule has 1 aromatic heterocycles. The number of carbonyl (C=O) groups is 1. The second kappa shape index (κ2) is 5.68. The van der Waals surface area contributed by atoms with E-state index in [1.165, 1.54) is 24.3 Å². The average molecular weight is 383 g/mol. The van der Waals surface area contributed by atoms with E-state index in [9.17, 15) is 31.1 Å². The first-order valence-corrected chi connectivity index (χ1v) is 8.15. The van der Waals surface area contributed by atoms with Crippen LogP contribution in [-0.2, 0) is 19.0 Å². The molecule has 3 aromatic rings. The predicted molar refractivity (Wildman–Crippen MR) is 86.7 cm³/mol. The number of pyridine rings is 1. The number of hydrogen-bond donors (Lipinski definition) is 0. The number of ketones is 1. The maximum atomic E-state index is 13.8. The van der Waals surface area contributed by atoms with Gasteiger partial charge in [-0.15, -0.1) is 0 Å². The number of Topliss-reactive ketones (excluding diaryl/α,β-unsaturated/α-hetero) is 1. The van der Waals surface area contributed by atoms with E-state index in [2.05, 4.69) is 4.98 Å². The zero-order valence-corrected chi connectivity index (χ0v) is 13.6. The van der Waals surface area contributed by atoms with Gasteiger partial charge in [-0.1, -0.05) is 24.3 Å². The minimum atomic E-state index is -5.20. The number of halogens is 6. The highest BCUT2D eigenvalue weighted by Crippen LogP contribution is 2.43. The topological polar surface area (TPSA) is 30.0 Å². The van der Waals surface area contributed by atoms with E-state index in [0.29, 0.717) is 24.6 Å². The molecular weight excluding hydrogens is 372 g/mol. The van der Waals surface area contributed by atoms with Crippen LogP contribution in [-0.4, -0.2) is 16.9 Å². The molecule has 0 N–H and O–H groups in total. The molecule has 27 heavy (non-hydrogen) atoms. The highest BCUT2D eigenvalue weighted by atomic mass is 19.4. The predicted octanol–water partition coefficient (Wildman–Crippen LogP) is 5.64. The first-order valence-electron chi connectivity index (χ1n) is 8.15. The molecule has 1 heterocycles. The highest BCUT2D eigenvalue weighted by Gasteiger charge is 2.42. The molecule has 0 aliphatic heterocycles. The fraction of sp³-hybridized carbons (Fsp3) is 0.263. The molecule has 0 unspecified atom stereocenters. The number of aromatic nitrogens is 1. The summed E-state index contributed by atoms with van der Waals surface area (Å²) >= 11 is 0. The Hall–Kier alpha value is -2.64. The van der Waals surface area contributed by atoms with Gasteiger partial charge in [0.2, 0.25) is 0 Å². The van der Waals surface area contributed by atoms with Gasteiger partial charge in [0.25, 0.3) is 5.78 Å². The Balaban J connectivity index is 2.21. The quantitative estimate of drug-likeness (QED) is 0.309. The van der Waals surface area contributed by atoms with Crippen LogP contribution in [0.1, 0.15) is 33.6 Å². The summed E-state index contributed by atoms with van der Waals surface area (Å²) in [5.74, 6) is -2.17. The minimum Gasteiger partial charge on any atom is -0.284 e. The van der Waals surface area contributed by atoms with E-state index in [0.717, 1.165) is 0 Å². The van der Waals surface area contributed by atoms with Crippen molar-refractivity contribution < 1.29 is 31.1 Å². The van der Waals surface area contributed by atoms with E-state index < -0.39 is 34.6 Å². The van der Waals surface area contributed by atoms with Crippen LogP contribution in [0.4, 0.5) is 26.3 Å². The number of hydrogen-bond acceptors (Lipinski definition) is 2. The van der Waals surface area contributed by atoms with E-state index in [1.807, 2.05) is 0 Å². The molecular formula is C19H11F6NO. The monoisotopic (exact) mass is 383 g/mol. The van der Waals surface area contributed by atoms with Crippen molar-refractivity contribution in [2.75, 3.05) is 0 Å². The molecule has 0 saturated carbocycles. The van der Waals surface area contributed by atoms with Gasteiger partial charge in [-0.25, -0.2) is 0 Å². The third-order valence-electron chi connectivity index (χ3n) is 4.81. The molecule has 0 saturated heterocycles. The summed E-state index contributed by atoms with van der Waals surface area (Å²) in [5, 5.41) is -0.428. The summed E-state index contributed by atoms with van der Waals surface area (Å²) in [4.78, 5) is 16.2. The van der Waals surface area contributed by atoms with Crippen LogP contribution < -0.4 is 0 Å². The Labute approximate surface area is 148 Å². The van der Waals surface area contributed by atoms with Gasteiger partial charge in [0.1, 0.15) is 0 Å². The number of carbonyl (C=O) groups excluding carboxylic acids is 1. The molecule has 0 fully saturated rings. The molecule has 0 radical (unpaired) electrons. The Morgan fingerprint density at radius 2 is 1.59 bits per heavy atom. The lowest BCUT2D eigenvalue weighted by Crippen LogP contribution is -2.23. The van der Waals surface area contributed by atoms with Gasteiger partial charge in [-0.05, 0) is 36.3 Å². The summed E-state index contributed by atoms with van der Waals surface area (Å²) in [5.41, 5.74) is -1.49. The standard InChI is InChI=1S/C19H11F6NO/c20-18(21,22)15-11-6-3-7-14(11)26-16-10-5-2-1-4-9(10)12(8-13(15)16)17(27)19(23,24)25/h1-2,4-5,8H,3,6-7H2. The fourth-order valence-corrected chi connectivity index (χ4v) is 3.75. The van der Waals surface area contributed by atoms with Gasteiger partial charge < -0.3 is 0 Å². The van der Waals surface area contributed by atoms with Crippen molar-refractivity contribution in [2.45, 2.75) is 31.6 Å². The van der Waals surface area contributed by atoms with Crippen molar-refractivity contribution in [2.24, 2.45) is 0 Å². The zero-order valence-electron chi connectivity index (χ0n) is 13.6. The van der Waals surface area contributed by atoms with Gasteiger partial charge in [0.15, 0.2) is 0 Å². The van der Waals surface area contributed by atoms with E-state index in [1.54, 1.807) is 0 Å². The average Bonchev–Trinajstić information content (AvgIpc) is 3.04. The molecule has 0 bridgehead atoms. The lowest BCUT2D eigenvalue weighted by Gasteiger charge is -2.18. The number of rotatable bonds is 1. The van der Waals surface area contributed by atoms with E-state index in [4.69, 9.17) is 0 Å². The molecule has 1 aliphatic rings. The highest BCUT2D eigenvalue weighted by molar-refractivity contribution is 6.18. The van der Waals surface area contributed by atoms with Crippen LogP contribution in [0.2, 0.25) is 0 Å². The van der Waals surface area contributed by atoms with E-state index in [-0.39, 0.29) is 28.3 Å². The van der Waals surface area contributed by atoms with Crippen molar-refractivity contribution in [1.29, 1.82) is 0 Å². The maximum absolute atomic E-state index is 13.8.